The van der Waals surface area contributed by atoms with Gasteiger partial charge in [-0.05, 0) is 18.6 Å². The fourth-order valence-corrected chi connectivity index (χ4v) is 1.74. The van der Waals surface area contributed by atoms with Gasteiger partial charge in [-0.15, -0.1) is 0 Å². The Morgan fingerprint density at radius 3 is 2.65 bits per heavy atom. The Morgan fingerprint density at radius 1 is 1.12 bits per heavy atom. The standard InChI is InChI=1S/C13H12N4/c1-10-7-8-17(16-10)13-9-12(14-15-13)11-5-3-2-4-6-11/h2-9H,1H3,(H,14,15). The van der Waals surface area contributed by atoms with Crippen molar-refractivity contribution >= 4 is 0 Å². The van der Waals surface area contributed by atoms with Crippen LogP contribution in [0.5, 0.6) is 0 Å². The molecule has 0 fully saturated rings. The molecular weight excluding hydrogens is 212 g/mol. The zero-order chi connectivity index (χ0) is 11.7. The van der Waals surface area contributed by atoms with Crippen LogP contribution in [0.1, 0.15) is 5.69 Å². The molecular formula is C13H12N4. The van der Waals surface area contributed by atoms with Crippen molar-refractivity contribution in [2.75, 3.05) is 0 Å². The predicted molar refractivity (Wildman–Crippen MR) is 65.9 cm³/mol. The molecule has 0 aliphatic carbocycles. The number of benzene rings is 1. The molecule has 2 aromatic heterocycles. The molecule has 0 saturated heterocycles. The SMILES string of the molecule is Cc1ccn(-c2cc(-c3ccccc3)[nH]n2)n1. The van der Waals surface area contributed by atoms with E-state index in [9.17, 15) is 0 Å². The third kappa shape index (κ3) is 1.85. The lowest BCUT2D eigenvalue weighted by atomic mass is 10.2. The number of nitrogens with one attached hydrogen (secondary N) is 1. The van der Waals surface area contributed by atoms with Crippen LogP contribution in [0.2, 0.25) is 0 Å². The fraction of sp³-hybridized carbons (Fsp3) is 0.0769. The average Bonchev–Trinajstić information content (AvgIpc) is 2.98. The number of aryl methyl sites for hydroxylation is 1. The van der Waals surface area contributed by atoms with E-state index in [1.807, 2.05) is 55.6 Å². The molecule has 0 aliphatic rings. The summed E-state index contributed by atoms with van der Waals surface area (Å²) in [6.07, 6.45) is 1.90. The third-order valence-electron chi connectivity index (χ3n) is 2.61. The smallest absolute Gasteiger partial charge is 0.175 e. The largest absolute Gasteiger partial charge is 0.276 e. The number of aromatic nitrogens is 4. The van der Waals surface area contributed by atoms with Crippen molar-refractivity contribution in [1.82, 2.24) is 20.0 Å². The van der Waals surface area contributed by atoms with Gasteiger partial charge in [-0.2, -0.15) is 10.2 Å². The second-order valence-electron chi connectivity index (χ2n) is 3.91. The maximum Gasteiger partial charge on any atom is 0.175 e. The molecule has 84 valence electrons. The van der Waals surface area contributed by atoms with Crippen LogP contribution in [-0.2, 0) is 0 Å². The lowest BCUT2D eigenvalue weighted by Gasteiger charge is -1.94. The van der Waals surface area contributed by atoms with Gasteiger partial charge in [-0.3, -0.25) is 5.10 Å². The molecule has 0 atom stereocenters. The van der Waals surface area contributed by atoms with Gasteiger partial charge in [0, 0.05) is 12.3 Å². The Kier molecular flexibility index (Phi) is 2.26. The van der Waals surface area contributed by atoms with E-state index in [-0.39, 0.29) is 0 Å². The summed E-state index contributed by atoms with van der Waals surface area (Å²) in [6.45, 7) is 1.96. The molecule has 2 heterocycles. The molecule has 1 N–H and O–H groups in total. The third-order valence-corrected chi connectivity index (χ3v) is 2.61. The second kappa shape index (κ2) is 3.90. The van der Waals surface area contributed by atoms with Gasteiger partial charge >= 0.3 is 0 Å². The number of hydrogen-bond donors (Lipinski definition) is 1. The fourth-order valence-electron chi connectivity index (χ4n) is 1.74. The zero-order valence-corrected chi connectivity index (χ0v) is 9.46. The minimum Gasteiger partial charge on any atom is -0.276 e. The molecule has 4 heteroatoms. The van der Waals surface area contributed by atoms with Crippen LogP contribution in [-0.4, -0.2) is 20.0 Å². The van der Waals surface area contributed by atoms with Crippen molar-refractivity contribution in [3.05, 3.63) is 54.4 Å². The van der Waals surface area contributed by atoms with Crippen LogP contribution in [0.15, 0.2) is 48.7 Å². The van der Waals surface area contributed by atoms with E-state index in [0.717, 1.165) is 22.8 Å². The second-order valence-corrected chi connectivity index (χ2v) is 3.91. The highest BCUT2D eigenvalue weighted by molar-refractivity contribution is 5.60. The minimum atomic E-state index is 0.803. The Morgan fingerprint density at radius 2 is 1.94 bits per heavy atom. The molecule has 4 nitrogen and oxygen atoms in total. The summed E-state index contributed by atoms with van der Waals surface area (Å²) < 4.78 is 1.76. The molecule has 0 bridgehead atoms. The van der Waals surface area contributed by atoms with Crippen molar-refractivity contribution in [2.24, 2.45) is 0 Å². The first-order valence-corrected chi connectivity index (χ1v) is 5.46. The van der Waals surface area contributed by atoms with Gasteiger partial charge in [0.2, 0.25) is 0 Å². The number of hydrogen-bond acceptors (Lipinski definition) is 2. The summed E-state index contributed by atoms with van der Waals surface area (Å²) in [5.74, 6) is 0.803. The van der Waals surface area contributed by atoms with E-state index < -0.39 is 0 Å². The van der Waals surface area contributed by atoms with Gasteiger partial charge < -0.3 is 0 Å². The summed E-state index contributed by atoms with van der Waals surface area (Å²) in [7, 11) is 0. The Labute approximate surface area is 98.9 Å². The van der Waals surface area contributed by atoms with Crippen molar-refractivity contribution < 1.29 is 0 Å². The topological polar surface area (TPSA) is 46.5 Å². The van der Waals surface area contributed by atoms with Gasteiger partial charge in [0.1, 0.15) is 0 Å². The van der Waals surface area contributed by atoms with Crippen LogP contribution in [0.4, 0.5) is 0 Å². The molecule has 0 amide bonds. The lowest BCUT2D eigenvalue weighted by molar-refractivity contribution is 0.823. The van der Waals surface area contributed by atoms with Crippen molar-refractivity contribution in [3.8, 4) is 17.1 Å². The summed E-state index contributed by atoms with van der Waals surface area (Å²) >= 11 is 0. The van der Waals surface area contributed by atoms with Crippen LogP contribution in [0.3, 0.4) is 0 Å². The van der Waals surface area contributed by atoms with Gasteiger partial charge in [-0.1, -0.05) is 30.3 Å². The average molecular weight is 224 g/mol. The Bertz CT molecular complexity index is 622. The van der Waals surface area contributed by atoms with Crippen molar-refractivity contribution in [2.45, 2.75) is 6.92 Å². The van der Waals surface area contributed by atoms with E-state index in [1.165, 1.54) is 0 Å². The summed E-state index contributed by atoms with van der Waals surface area (Å²) in [4.78, 5) is 0. The van der Waals surface area contributed by atoms with Gasteiger partial charge in [0.25, 0.3) is 0 Å². The van der Waals surface area contributed by atoms with Crippen molar-refractivity contribution in [3.63, 3.8) is 0 Å². The number of H-pyrrole nitrogens is 1. The van der Waals surface area contributed by atoms with E-state index in [0.29, 0.717) is 0 Å². The monoisotopic (exact) mass is 224 g/mol. The van der Waals surface area contributed by atoms with Gasteiger partial charge in [0.05, 0.1) is 11.4 Å². The Balaban J connectivity index is 1.99. The van der Waals surface area contributed by atoms with Crippen LogP contribution in [0, 0.1) is 6.92 Å². The first-order chi connectivity index (χ1) is 8.33. The van der Waals surface area contributed by atoms with E-state index in [1.54, 1.807) is 4.68 Å². The maximum atomic E-state index is 4.32. The molecule has 3 rings (SSSR count). The van der Waals surface area contributed by atoms with Crippen LogP contribution >= 0.6 is 0 Å². The van der Waals surface area contributed by atoms with Gasteiger partial charge in [0.15, 0.2) is 5.82 Å². The number of aromatic amines is 1. The highest BCUT2D eigenvalue weighted by Crippen LogP contribution is 2.18. The molecule has 0 saturated carbocycles. The van der Waals surface area contributed by atoms with Gasteiger partial charge in [-0.25, -0.2) is 4.68 Å². The molecule has 17 heavy (non-hydrogen) atoms. The van der Waals surface area contributed by atoms with Crippen LogP contribution in [0.25, 0.3) is 17.1 Å². The first kappa shape index (κ1) is 9.84. The van der Waals surface area contributed by atoms with Crippen LogP contribution < -0.4 is 0 Å². The molecule has 0 spiro atoms. The summed E-state index contributed by atoms with van der Waals surface area (Å²) in [5.41, 5.74) is 3.10. The summed E-state index contributed by atoms with van der Waals surface area (Å²) in [5, 5.41) is 11.6. The zero-order valence-electron chi connectivity index (χ0n) is 9.46. The van der Waals surface area contributed by atoms with E-state index in [4.69, 9.17) is 0 Å². The quantitative estimate of drug-likeness (QED) is 0.727. The Hall–Kier alpha value is -2.36. The molecule has 0 radical (unpaired) electrons. The highest BCUT2D eigenvalue weighted by atomic mass is 15.3. The highest BCUT2D eigenvalue weighted by Gasteiger charge is 2.05. The van der Waals surface area contributed by atoms with E-state index >= 15 is 0 Å². The number of nitrogens with zero attached hydrogens (tertiary/aromatic N) is 3. The molecule has 3 aromatic rings. The predicted octanol–water partition coefficient (Wildman–Crippen LogP) is 2.57. The molecule has 0 aliphatic heterocycles. The minimum absolute atomic E-state index is 0.803. The molecule has 1 aromatic carbocycles. The lowest BCUT2D eigenvalue weighted by Crippen LogP contribution is -1.94. The first-order valence-electron chi connectivity index (χ1n) is 5.46. The summed E-state index contributed by atoms with van der Waals surface area (Å²) in [6, 6.07) is 14.1. The molecule has 0 unspecified atom stereocenters. The number of rotatable bonds is 2. The normalized spacial score (nSPS) is 10.6. The van der Waals surface area contributed by atoms with Crippen molar-refractivity contribution in [1.29, 1.82) is 0 Å². The van der Waals surface area contributed by atoms with E-state index in [2.05, 4.69) is 15.3 Å². The maximum absolute atomic E-state index is 4.32.